The fourth-order valence-electron chi connectivity index (χ4n) is 2.56. The number of unbranched alkanes of at least 4 members (excludes halogenated alkanes) is 7. The Morgan fingerprint density at radius 1 is 0.700 bits per heavy atom. The van der Waals surface area contributed by atoms with E-state index >= 15 is 0 Å². The van der Waals surface area contributed by atoms with Crippen molar-refractivity contribution in [2.75, 3.05) is 6.61 Å². The van der Waals surface area contributed by atoms with Gasteiger partial charge >= 0.3 is 11.9 Å². The van der Waals surface area contributed by atoms with Gasteiger partial charge in [-0.3, -0.25) is 9.59 Å². The maximum Gasteiger partial charge on any atom is 0.328 e. The van der Waals surface area contributed by atoms with Gasteiger partial charge in [-0.25, -0.2) is 0 Å². The van der Waals surface area contributed by atoms with Crippen LogP contribution in [0, 0.1) is 5.41 Å². The summed E-state index contributed by atoms with van der Waals surface area (Å²) in [5, 5.41) is -0.617. The SMILES string of the molecule is CCCCCCCCCCOC(=O)C(C)(C)C(=O)Oc1c(Cl)c(Cl)c(Cl)c(Cl)c1Cl. The lowest BCUT2D eigenvalue weighted by Gasteiger charge is -2.22. The molecule has 4 nitrogen and oxygen atoms in total. The van der Waals surface area contributed by atoms with Gasteiger partial charge in [0.2, 0.25) is 0 Å². The van der Waals surface area contributed by atoms with Crippen molar-refractivity contribution in [3.63, 3.8) is 0 Å². The van der Waals surface area contributed by atoms with Crippen LogP contribution < -0.4 is 4.74 Å². The topological polar surface area (TPSA) is 52.6 Å². The summed E-state index contributed by atoms with van der Waals surface area (Å²) < 4.78 is 10.5. The van der Waals surface area contributed by atoms with Gasteiger partial charge in [0.15, 0.2) is 11.2 Å². The molecular weight excluding hydrogens is 493 g/mol. The molecule has 9 heteroatoms. The molecule has 1 aromatic rings. The Kier molecular flexibility index (Phi) is 12.2. The van der Waals surface area contributed by atoms with Crippen LogP contribution in [0.15, 0.2) is 0 Å². The molecule has 170 valence electrons. The van der Waals surface area contributed by atoms with Crippen molar-refractivity contribution in [2.45, 2.75) is 72.1 Å². The van der Waals surface area contributed by atoms with Crippen LogP contribution in [-0.4, -0.2) is 18.5 Å². The molecule has 0 aliphatic carbocycles. The molecule has 0 atom stereocenters. The Bertz CT molecular complexity index is 720. The van der Waals surface area contributed by atoms with Gasteiger partial charge in [0.25, 0.3) is 0 Å². The normalized spacial score (nSPS) is 11.5. The molecule has 0 heterocycles. The van der Waals surface area contributed by atoms with Crippen molar-refractivity contribution < 1.29 is 19.1 Å². The van der Waals surface area contributed by atoms with E-state index in [1.807, 2.05) is 0 Å². The van der Waals surface area contributed by atoms with Crippen molar-refractivity contribution in [1.29, 1.82) is 0 Å². The zero-order chi connectivity index (χ0) is 22.9. The average molecular weight is 521 g/mol. The monoisotopic (exact) mass is 518 g/mol. The summed E-state index contributed by atoms with van der Waals surface area (Å²) in [4.78, 5) is 25.0. The molecule has 1 aromatic carbocycles. The van der Waals surface area contributed by atoms with Crippen LogP contribution in [-0.2, 0) is 14.3 Å². The highest BCUT2D eigenvalue weighted by Gasteiger charge is 2.41. The summed E-state index contributed by atoms with van der Waals surface area (Å²) in [6.45, 7) is 5.22. The fourth-order valence-corrected chi connectivity index (χ4v) is 3.76. The molecule has 30 heavy (non-hydrogen) atoms. The predicted molar refractivity (Wildman–Crippen MR) is 124 cm³/mol. The molecule has 0 aromatic heterocycles. The predicted octanol–water partition coefficient (Wildman–Crippen LogP) is 8.57. The van der Waals surface area contributed by atoms with Gasteiger partial charge in [0.05, 0.1) is 21.7 Å². The van der Waals surface area contributed by atoms with Crippen LogP contribution in [0.5, 0.6) is 5.75 Å². The number of hydrogen-bond acceptors (Lipinski definition) is 4. The third-order valence-electron chi connectivity index (χ3n) is 4.62. The van der Waals surface area contributed by atoms with E-state index in [2.05, 4.69) is 6.92 Å². The average Bonchev–Trinajstić information content (AvgIpc) is 2.72. The molecule has 1 rings (SSSR count). The minimum absolute atomic E-state index is 0.0582. The van der Waals surface area contributed by atoms with E-state index in [1.54, 1.807) is 0 Å². The number of rotatable bonds is 12. The molecule has 0 radical (unpaired) electrons. The van der Waals surface area contributed by atoms with Gasteiger partial charge < -0.3 is 9.47 Å². The Morgan fingerprint density at radius 2 is 1.13 bits per heavy atom. The third-order valence-corrected chi connectivity index (χ3v) is 6.86. The molecular formula is C21H27Cl5O4. The smallest absolute Gasteiger partial charge is 0.328 e. The lowest BCUT2D eigenvalue weighted by molar-refractivity contribution is -0.164. The van der Waals surface area contributed by atoms with Crippen LogP contribution in [0.25, 0.3) is 0 Å². The van der Waals surface area contributed by atoms with Gasteiger partial charge in [-0.05, 0) is 20.3 Å². The Balaban J connectivity index is 2.57. The first-order valence-electron chi connectivity index (χ1n) is 9.96. The second kappa shape index (κ2) is 13.2. The summed E-state index contributed by atoms with van der Waals surface area (Å²) in [7, 11) is 0. The standard InChI is InChI=1S/C21H27Cl5O4/c1-4-5-6-7-8-9-10-11-12-29-19(27)21(2,3)20(28)30-18-16(25)14(23)13(22)15(24)17(18)26/h4-12H2,1-3H3. The molecule has 0 aliphatic rings. The van der Waals surface area contributed by atoms with Gasteiger partial charge in [-0.2, -0.15) is 0 Å². The van der Waals surface area contributed by atoms with Gasteiger partial charge in [-0.1, -0.05) is 110 Å². The number of hydrogen-bond donors (Lipinski definition) is 0. The Labute approximate surface area is 203 Å². The Hall–Kier alpha value is -0.390. The van der Waals surface area contributed by atoms with E-state index in [1.165, 1.54) is 46.0 Å². The molecule has 0 fully saturated rings. The number of benzene rings is 1. The number of halogens is 5. The zero-order valence-corrected chi connectivity index (χ0v) is 21.2. The summed E-state index contributed by atoms with van der Waals surface area (Å²) in [5.41, 5.74) is -1.58. The minimum Gasteiger partial charge on any atom is -0.465 e. The number of esters is 2. The quantitative estimate of drug-likeness (QED) is 0.0692. The molecule has 0 saturated heterocycles. The van der Waals surface area contributed by atoms with Crippen LogP contribution >= 0.6 is 58.0 Å². The zero-order valence-electron chi connectivity index (χ0n) is 17.4. The van der Waals surface area contributed by atoms with E-state index in [-0.39, 0.29) is 37.5 Å². The second-order valence-corrected chi connectivity index (χ2v) is 9.41. The van der Waals surface area contributed by atoms with Crippen LogP contribution in [0.4, 0.5) is 0 Å². The van der Waals surface area contributed by atoms with E-state index in [0.717, 1.165) is 19.3 Å². The van der Waals surface area contributed by atoms with E-state index < -0.39 is 17.4 Å². The molecule has 0 saturated carbocycles. The lowest BCUT2D eigenvalue weighted by atomic mass is 9.94. The Morgan fingerprint density at radius 3 is 1.63 bits per heavy atom. The van der Waals surface area contributed by atoms with Crippen molar-refractivity contribution in [3.05, 3.63) is 25.1 Å². The first-order valence-corrected chi connectivity index (χ1v) is 11.9. The minimum atomic E-state index is -1.58. The number of ether oxygens (including phenoxy) is 2. The van der Waals surface area contributed by atoms with E-state index in [0.29, 0.717) is 0 Å². The largest absolute Gasteiger partial charge is 0.465 e. The van der Waals surface area contributed by atoms with Gasteiger partial charge in [0, 0.05) is 0 Å². The van der Waals surface area contributed by atoms with Crippen molar-refractivity contribution in [3.8, 4) is 5.75 Å². The summed E-state index contributed by atoms with van der Waals surface area (Å²) in [6.07, 6.45) is 8.98. The highest BCUT2D eigenvalue weighted by atomic mass is 35.5. The van der Waals surface area contributed by atoms with Crippen LogP contribution in [0.3, 0.4) is 0 Å². The third kappa shape index (κ3) is 7.63. The molecule has 0 aliphatic heterocycles. The van der Waals surface area contributed by atoms with Gasteiger partial charge in [0.1, 0.15) is 10.0 Å². The molecule has 0 amide bonds. The van der Waals surface area contributed by atoms with Crippen LogP contribution in [0.1, 0.15) is 72.1 Å². The highest BCUT2D eigenvalue weighted by Crippen LogP contribution is 2.48. The molecule has 0 bridgehead atoms. The summed E-state index contributed by atoms with van der Waals surface area (Å²) >= 11 is 30.0. The van der Waals surface area contributed by atoms with Crippen LogP contribution in [0.2, 0.25) is 25.1 Å². The molecule has 0 N–H and O–H groups in total. The number of carbonyl (C=O) groups is 2. The first kappa shape index (κ1) is 27.6. The lowest BCUT2D eigenvalue weighted by Crippen LogP contribution is -2.38. The van der Waals surface area contributed by atoms with Gasteiger partial charge in [-0.15, -0.1) is 0 Å². The van der Waals surface area contributed by atoms with Crippen molar-refractivity contribution in [2.24, 2.45) is 5.41 Å². The molecule has 0 unspecified atom stereocenters. The van der Waals surface area contributed by atoms with E-state index in [4.69, 9.17) is 67.5 Å². The van der Waals surface area contributed by atoms with E-state index in [9.17, 15) is 9.59 Å². The number of carbonyl (C=O) groups excluding carboxylic acids is 2. The highest BCUT2D eigenvalue weighted by molar-refractivity contribution is 6.55. The first-order chi connectivity index (χ1) is 14.1. The maximum absolute atomic E-state index is 12.6. The summed E-state index contributed by atoms with van der Waals surface area (Å²) in [5.74, 6) is -1.86. The fraction of sp³-hybridized carbons (Fsp3) is 0.619. The maximum atomic E-state index is 12.6. The molecule has 0 spiro atoms. The van der Waals surface area contributed by atoms with Crippen molar-refractivity contribution in [1.82, 2.24) is 0 Å². The summed E-state index contributed by atoms with van der Waals surface area (Å²) in [6, 6.07) is 0. The second-order valence-electron chi connectivity index (χ2n) is 7.52. The van der Waals surface area contributed by atoms with Crippen molar-refractivity contribution >= 4 is 69.9 Å².